The number of alkyl carbamates (subject to hydrolysis) is 1. The summed E-state index contributed by atoms with van der Waals surface area (Å²) < 4.78 is 5.55. The van der Waals surface area contributed by atoms with E-state index in [-0.39, 0.29) is 32.0 Å². The van der Waals surface area contributed by atoms with E-state index in [0.717, 1.165) is 22.3 Å². The van der Waals surface area contributed by atoms with Gasteiger partial charge in [-0.05, 0) is 35.6 Å². The number of aliphatic hydroxyl groups excluding tert-OH is 1. The largest absolute Gasteiger partial charge is 0.480 e. The maximum Gasteiger partial charge on any atom is 0.408 e. The second kappa shape index (κ2) is 10.5. The molecule has 1 aliphatic rings. The SMILES string of the molecule is CCCC(C)(NC(=O)OCC1c2ccccc2-c2ccccc21)C(=O)NC(CCO)C(=O)O. The van der Waals surface area contributed by atoms with E-state index in [1.54, 1.807) is 0 Å². The quantitative estimate of drug-likeness (QED) is 0.437. The Morgan fingerprint density at radius 3 is 2.15 bits per heavy atom. The summed E-state index contributed by atoms with van der Waals surface area (Å²) >= 11 is 0. The summed E-state index contributed by atoms with van der Waals surface area (Å²) in [4.78, 5) is 36.9. The number of hydrogen-bond acceptors (Lipinski definition) is 5. The zero-order valence-corrected chi connectivity index (χ0v) is 18.8. The number of fused-ring (bicyclic) bond motifs is 3. The zero-order valence-electron chi connectivity index (χ0n) is 18.8. The lowest BCUT2D eigenvalue weighted by Crippen LogP contribution is -2.59. The Balaban J connectivity index is 1.69. The van der Waals surface area contributed by atoms with Crippen LogP contribution >= 0.6 is 0 Å². The highest BCUT2D eigenvalue weighted by Crippen LogP contribution is 2.44. The van der Waals surface area contributed by atoms with Gasteiger partial charge in [0, 0.05) is 18.9 Å². The smallest absolute Gasteiger partial charge is 0.408 e. The second-order valence-corrected chi connectivity index (χ2v) is 8.41. The van der Waals surface area contributed by atoms with Crippen molar-refractivity contribution in [1.82, 2.24) is 10.6 Å². The molecule has 0 saturated carbocycles. The van der Waals surface area contributed by atoms with Gasteiger partial charge in [-0.15, -0.1) is 0 Å². The first kappa shape index (κ1) is 24.3. The van der Waals surface area contributed by atoms with Crippen LogP contribution in [0.1, 0.15) is 50.2 Å². The summed E-state index contributed by atoms with van der Waals surface area (Å²) in [6, 6.07) is 14.7. The topological polar surface area (TPSA) is 125 Å². The van der Waals surface area contributed by atoms with Gasteiger partial charge in [0.05, 0.1) is 0 Å². The number of nitrogens with one attached hydrogen (secondary N) is 2. The highest BCUT2D eigenvalue weighted by molar-refractivity contribution is 5.92. The fraction of sp³-hybridized carbons (Fsp3) is 0.400. The van der Waals surface area contributed by atoms with Crippen molar-refractivity contribution >= 4 is 18.0 Å². The van der Waals surface area contributed by atoms with Gasteiger partial charge in [-0.3, -0.25) is 4.79 Å². The Bertz CT molecular complexity index is 978. The number of rotatable bonds is 10. The molecule has 8 nitrogen and oxygen atoms in total. The predicted octanol–water partition coefficient (Wildman–Crippen LogP) is 3.04. The van der Waals surface area contributed by atoms with Crippen molar-refractivity contribution in [2.45, 2.75) is 50.6 Å². The molecule has 176 valence electrons. The van der Waals surface area contributed by atoms with Crippen LogP contribution in [0.5, 0.6) is 0 Å². The third-order valence-electron chi connectivity index (χ3n) is 5.99. The van der Waals surface area contributed by atoms with Crippen LogP contribution in [0.4, 0.5) is 4.79 Å². The van der Waals surface area contributed by atoms with Crippen molar-refractivity contribution in [3.05, 3.63) is 59.7 Å². The third-order valence-corrected chi connectivity index (χ3v) is 5.99. The van der Waals surface area contributed by atoms with Crippen LogP contribution in [0, 0.1) is 0 Å². The molecule has 4 N–H and O–H groups in total. The van der Waals surface area contributed by atoms with Gasteiger partial charge in [-0.1, -0.05) is 61.9 Å². The molecule has 1 aliphatic carbocycles. The Hall–Kier alpha value is -3.39. The van der Waals surface area contributed by atoms with Crippen molar-refractivity contribution in [2.75, 3.05) is 13.2 Å². The first-order valence-electron chi connectivity index (χ1n) is 11.1. The molecular weight excluding hydrogens is 424 g/mol. The first-order chi connectivity index (χ1) is 15.8. The van der Waals surface area contributed by atoms with Gasteiger partial charge < -0.3 is 25.6 Å². The Morgan fingerprint density at radius 2 is 1.64 bits per heavy atom. The normalized spacial score (nSPS) is 15.0. The number of carbonyl (C=O) groups is 3. The molecule has 0 aliphatic heterocycles. The molecule has 33 heavy (non-hydrogen) atoms. The molecule has 0 fully saturated rings. The molecule has 2 aromatic rings. The van der Waals surface area contributed by atoms with Crippen LogP contribution in [0.15, 0.2) is 48.5 Å². The molecule has 0 saturated heterocycles. The first-order valence-corrected chi connectivity index (χ1v) is 11.1. The standard InChI is InChI=1S/C25H30N2O6/c1-3-13-25(2,23(31)26-21(12-14-28)22(29)30)27-24(32)33-15-20-18-10-6-4-8-16(18)17-9-5-7-11-19(17)20/h4-11,20-21,28H,3,12-15H2,1-2H3,(H,26,31)(H,27,32)(H,29,30). The van der Waals surface area contributed by atoms with Crippen LogP contribution in [-0.4, -0.2) is 53.0 Å². The molecule has 2 atom stereocenters. The van der Waals surface area contributed by atoms with Gasteiger partial charge in [0.2, 0.25) is 5.91 Å². The minimum absolute atomic E-state index is 0.103. The number of amides is 2. The number of carboxylic acids is 1. The number of hydrogen-bond donors (Lipinski definition) is 4. The van der Waals surface area contributed by atoms with Gasteiger partial charge in [0.25, 0.3) is 0 Å². The molecule has 0 aromatic heterocycles. The molecule has 2 amide bonds. The van der Waals surface area contributed by atoms with E-state index in [1.165, 1.54) is 6.92 Å². The summed E-state index contributed by atoms with van der Waals surface area (Å²) in [5.74, 6) is -2.01. The van der Waals surface area contributed by atoms with Gasteiger partial charge in [-0.2, -0.15) is 0 Å². The van der Waals surface area contributed by atoms with Crippen LogP contribution in [0.25, 0.3) is 11.1 Å². The fourth-order valence-corrected chi connectivity index (χ4v) is 4.30. The molecule has 0 radical (unpaired) electrons. The average molecular weight is 455 g/mol. The van der Waals surface area contributed by atoms with Gasteiger partial charge >= 0.3 is 12.1 Å². The van der Waals surface area contributed by atoms with E-state index < -0.39 is 29.6 Å². The highest BCUT2D eigenvalue weighted by Gasteiger charge is 2.37. The monoisotopic (exact) mass is 454 g/mol. The van der Waals surface area contributed by atoms with Crippen LogP contribution in [0.3, 0.4) is 0 Å². The maximum absolute atomic E-state index is 12.8. The molecular formula is C25H30N2O6. The van der Waals surface area contributed by atoms with E-state index in [2.05, 4.69) is 10.6 Å². The molecule has 0 spiro atoms. The predicted molar refractivity (Wildman–Crippen MR) is 123 cm³/mol. The van der Waals surface area contributed by atoms with Crippen molar-refractivity contribution < 1.29 is 29.3 Å². The summed E-state index contributed by atoms with van der Waals surface area (Å²) in [6.45, 7) is 3.10. The molecule has 2 unspecified atom stereocenters. The zero-order chi connectivity index (χ0) is 24.0. The number of aliphatic hydroxyl groups is 1. The second-order valence-electron chi connectivity index (χ2n) is 8.41. The summed E-state index contributed by atoms with van der Waals surface area (Å²) in [5.41, 5.74) is 3.02. The van der Waals surface area contributed by atoms with Crippen molar-refractivity contribution in [2.24, 2.45) is 0 Å². The number of ether oxygens (including phenoxy) is 1. The highest BCUT2D eigenvalue weighted by atomic mass is 16.5. The van der Waals surface area contributed by atoms with E-state index in [1.807, 2.05) is 55.5 Å². The molecule has 2 aromatic carbocycles. The van der Waals surface area contributed by atoms with Crippen LogP contribution < -0.4 is 10.6 Å². The number of aliphatic carboxylic acids is 1. The van der Waals surface area contributed by atoms with Crippen molar-refractivity contribution in [3.63, 3.8) is 0 Å². The lowest BCUT2D eigenvalue weighted by Gasteiger charge is -2.30. The van der Waals surface area contributed by atoms with Gasteiger partial charge in [0.15, 0.2) is 0 Å². The molecule has 0 heterocycles. The fourth-order valence-electron chi connectivity index (χ4n) is 4.30. The van der Waals surface area contributed by atoms with Crippen LogP contribution in [-0.2, 0) is 14.3 Å². The molecule has 8 heteroatoms. The van der Waals surface area contributed by atoms with E-state index in [4.69, 9.17) is 9.84 Å². The van der Waals surface area contributed by atoms with E-state index in [0.29, 0.717) is 6.42 Å². The summed E-state index contributed by atoms with van der Waals surface area (Å²) in [7, 11) is 0. The Labute approximate surface area is 193 Å². The minimum Gasteiger partial charge on any atom is -0.480 e. The van der Waals surface area contributed by atoms with E-state index in [9.17, 15) is 19.5 Å². The molecule has 0 bridgehead atoms. The Morgan fingerprint density at radius 1 is 1.06 bits per heavy atom. The number of benzene rings is 2. The third kappa shape index (κ3) is 5.34. The summed E-state index contributed by atoms with van der Waals surface area (Å²) in [5, 5.41) is 23.3. The van der Waals surface area contributed by atoms with Crippen LogP contribution in [0.2, 0.25) is 0 Å². The van der Waals surface area contributed by atoms with Gasteiger partial charge in [-0.25, -0.2) is 9.59 Å². The molecule has 3 rings (SSSR count). The Kier molecular flexibility index (Phi) is 7.71. The maximum atomic E-state index is 12.8. The minimum atomic E-state index is -1.36. The average Bonchev–Trinajstić information content (AvgIpc) is 3.11. The number of carboxylic acid groups (broad SMARTS) is 1. The van der Waals surface area contributed by atoms with Gasteiger partial charge in [0.1, 0.15) is 18.2 Å². The lowest BCUT2D eigenvalue weighted by atomic mass is 9.94. The lowest BCUT2D eigenvalue weighted by molar-refractivity contribution is -0.143. The summed E-state index contributed by atoms with van der Waals surface area (Å²) in [6.07, 6.45) is -0.0226. The van der Waals surface area contributed by atoms with Crippen molar-refractivity contribution in [1.29, 1.82) is 0 Å². The number of carbonyl (C=O) groups excluding carboxylic acids is 2. The van der Waals surface area contributed by atoms with Crippen molar-refractivity contribution in [3.8, 4) is 11.1 Å². The van der Waals surface area contributed by atoms with E-state index >= 15 is 0 Å².